The number of piperidine rings is 1. The van der Waals surface area contributed by atoms with Crippen molar-refractivity contribution in [1.29, 1.82) is 0 Å². The molecule has 4 rings (SSSR count). The van der Waals surface area contributed by atoms with Crippen LogP contribution in [-0.2, 0) is 13.1 Å². The van der Waals surface area contributed by atoms with Crippen molar-refractivity contribution in [3.63, 3.8) is 0 Å². The number of carbonyl (C=O) groups is 1. The minimum atomic E-state index is -0.0774. The summed E-state index contributed by atoms with van der Waals surface area (Å²) < 4.78 is 2.38. The number of amides is 1. The number of unbranched alkanes of at least 4 members (excludes halogenated alkanes) is 1. The van der Waals surface area contributed by atoms with Crippen molar-refractivity contribution in [2.24, 2.45) is 0 Å². The highest BCUT2D eigenvalue weighted by Gasteiger charge is 2.17. The average molecular weight is 405 g/mol. The first kappa shape index (κ1) is 20.6. The van der Waals surface area contributed by atoms with Gasteiger partial charge < -0.3 is 9.88 Å². The summed E-state index contributed by atoms with van der Waals surface area (Å²) in [4.78, 5) is 20.2. The summed E-state index contributed by atoms with van der Waals surface area (Å²) in [6, 6.07) is 13.8. The highest BCUT2D eigenvalue weighted by atomic mass is 16.1. The van der Waals surface area contributed by atoms with Crippen LogP contribution < -0.4 is 5.32 Å². The number of imidazole rings is 1. The number of aryl methyl sites for hydroxylation is 2. The maximum absolute atomic E-state index is 12.7. The number of nitrogens with zero attached hydrogens (tertiary/aromatic N) is 3. The van der Waals surface area contributed by atoms with Gasteiger partial charge in [-0.15, -0.1) is 0 Å². The van der Waals surface area contributed by atoms with Crippen molar-refractivity contribution in [1.82, 2.24) is 14.5 Å². The predicted molar refractivity (Wildman–Crippen MR) is 123 cm³/mol. The van der Waals surface area contributed by atoms with E-state index in [-0.39, 0.29) is 5.91 Å². The highest BCUT2D eigenvalue weighted by Crippen LogP contribution is 2.24. The lowest BCUT2D eigenvalue weighted by Crippen LogP contribution is -2.30. The number of rotatable bonds is 7. The van der Waals surface area contributed by atoms with Gasteiger partial charge in [0.2, 0.25) is 0 Å². The molecule has 3 aromatic rings. The third-order valence-electron chi connectivity index (χ3n) is 6.02. The smallest absolute Gasteiger partial charge is 0.255 e. The second kappa shape index (κ2) is 9.43. The lowest BCUT2D eigenvalue weighted by molar-refractivity contribution is 0.102. The van der Waals surface area contributed by atoms with E-state index in [0.717, 1.165) is 67.1 Å². The second-order valence-corrected chi connectivity index (χ2v) is 8.34. The van der Waals surface area contributed by atoms with Crippen molar-refractivity contribution < 1.29 is 4.79 Å². The molecule has 0 bridgehead atoms. The van der Waals surface area contributed by atoms with Crippen LogP contribution in [-0.4, -0.2) is 33.4 Å². The van der Waals surface area contributed by atoms with Crippen molar-refractivity contribution in [3.8, 4) is 0 Å². The first-order chi connectivity index (χ1) is 14.7. The number of nitrogens with one attached hydrogen (secondary N) is 1. The molecule has 1 aromatic heterocycles. The Balaban J connectivity index is 1.59. The molecule has 1 saturated heterocycles. The normalized spacial score (nSPS) is 14.9. The molecule has 5 nitrogen and oxygen atoms in total. The van der Waals surface area contributed by atoms with Gasteiger partial charge in [-0.3, -0.25) is 9.69 Å². The van der Waals surface area contributed by atoms with Gasteiger partial charge in [-0.05, 0) is 69.1 Å². The minimum absolute atomic E-state index is 0.0774. The lowest BCUT2D eigenvalue weighted by atomic mass is 10.1. The summed E-state index contributed by atoms with van der Waals surface area (Å²) in [5.41, 5.74) is 4.59. The summed E-state index contributed by atoms with van der Waals surface area (Å²) in [6.45, 7) is 8.40. The van der Waals surface area contributed by atoms with Crippen molar-refractivity contribution in [2.45, 2.75) is 59.0 Å². The molecule has 1 amide bonds. The molecule has 30 heavy (non-hydrogen) atoms. The summed E-state index contributed by atoms with van der Waals surface area (Å²) in [7, 11) is 0. The molecule has 1 N–H and O–H groups in total. The summed E-state index contributed by atoms with van der Waals surface area (Å²) in [5.74, 6) is 1.06. The zero-order valence-electron chi connectivity index (χ0n) is 18.2. The van der Waals surface area contributed by atoms with Gasteiger partial charge in [0.15, 0.2) is 0 Å². The number of likely N-dealkylation sites (tertiary alicyclic amines) is 1. The van der Waals surface area contributed by atoms with Crippen LogP contribution >= 0.6 is 0 Å². The Morgan fingerprint density at radius 3 is 2.67 bits per heavy atom. The molecule has 0 aliphatic carbocycles. The van der Waals surface area contributed by atoms with Crippen LogP contribution in [0.4, 0.5) is 5.69 Å². The number of hydrogen-bond donors (Lipinski definition) is 1. The van der Waals surface area contributed by atoms with Crippen LogP contribution in [0.15, 0.2) is 42.5 Å². The standard InChI is InChI=1S/C25H32N4O/c1-3-4-16-29-23-13-12-20(26-25(30)21-11-7-6-10-19(21)2)17-22(23)27-24(29)18-28-14-8-5-9-15-28/h6-7,10-13,17H,3-5,8-9,14-16,18H2,1-2H3,(H,26,30). The lowest BCUT2D eigenvalue weighted by Gasteiger charge is -2.26. The molecule has 0 saturated carbocycles. The molecule has 1 aliphatic rings. The van der Waals surface area contributed by atoms with E-state index in [1.807, 2.05) is 43.3 Å². The van der Waals surface area contributed by atoms with E-state index in [0.29, 0.717) is 5.56 Å². The van der Waals surface area contributed by atoms with E-state index < -0.39 is 0 Å². The fraction of sp³-hybridized carbons (Fsp3) is 0.440. The zero-order valence-corrected chi connectivity index (χ0v) is 18.2. The minimum Gasteiger partial charge on any atom is -0.327 e. The Kier molecular flexibility index (Phi) is 6.48. The summed E-state index contributed by atoms with van der Waals surface area (Å²) in [5, 5.41) is 3.05. The molecular formula is C25H32N4O. The van der Waals surface area contributed by atoms with Gasteiger partial charge in [-0.25, -0.2) is 4.98 Å². The fourth-order valence-electron chi connectivity index (χ4n) is 4.29. The molecule has 2 heterocycles. The monoisotopic (exact) mass is 404 g/mol. The number of anilines is 1. The quantitative estimate of drug-likeness (QED) is 0.575. The van der Waals surface area contributed by atoms with Gasteiger partial charge in [0, 0.05) is 17.8 Å². The molecule has 0 spiro atoms. The maximum atomic E-state index is 12.7. The largest absolute Gasteiger partial charge is 0.327 e. The molecule has 1 fully saturated rings. The molecule has 2 aromatic carbocycles. The predicted octanol–water partition coefficient (Wildman–Crippen LogP) is 5.38. The van der Waals surface area contributed by atoms with E-state index in [1.165, 1.54) is 19.3 Å². The van der Waals surface area contributed by atoms with Gasteiger partial charge >= 0.3 is 0 Å². The number of aromatic nitrogens is 2. The number of carbonyl (C=O) groups excluding carboxylic acids is 1. The Morgan fingerprint density at radius 2 is 1.90 bits per heavy atom. The van der Waals surface area contributed by atoms with Crippen molar-refractivity contribution in [3.05, 3.63) is 59.4 Å². The zero-order chi connectivity index (χ0) is 20.9. The van der Waals surface area contributed by atoms with Crippen LogP contribution in [0, 0.1) is 6.92 Å². The van der Waals surface area contributed by atoms with Crippen LogP contribution in [0.1, 0.15) is 60.8 Å². The SMILES string of the molecule is CCCCn1c(CN2CCCCC2)nc2cc(NC(=O)c3ccccc3C)ccc21. The van der Waals surface area contributed by atoms with Crippen molar-refractivity contribution in [2.75, 3.05) is 18.4 Å². The van der Waals surface area contributed by atoms with Crippen molar-refractivity contribution >= 4 is 22.6 Å². The Labute approximate surface area is 179 Å². The number of fused-ring (bicyclic) bond motifs is 1. The first-order valence-electron chi connectivity index (χ1n) is 11.2. The number of benzene rings is 2. The molecule has 0 radical (unpaired) electrons. The van der Waals surface area contributed by atoms with E-state index in [9.17, 15) is 4.79 Å². The van der Waals surface area contributed by atoms with Crippen LogP contribution in [0.2, 0.25) is 0 Å². The van der Waals surface area contributed by atoms with Crippen LogP contribution in [0.25, 0.3) is 11.0 Å². The highest BCUT2D eigenvalue weighted by molar-refractivity contribution is 6.05. The van der Waals surface area contributed by atoms with Gasteiger partial charge in [0.1, 0.15) is 5.82 Å². The molecule has 1 aliphatic heterocycles. The van der Waals surface area contributed by atoms with Gasteiger partial charge in [0.05, 0.1) is 17.6 Å². The van der Waals surface area contributed by atoms with Crippen LogP contribution in [0.3, 0.4) is 0 Å². The van der Waals surface area contributed by atoms with Gasteiger partial charge in [-0.2, -0.15) is 0 Å². The topological polar surface area (TPSA) is 50.2 Å². The molecule has 0 atom stereocenters. The molecular weight excluding hydrogens is 372 g/mol. The third-order valence-corrected chi connectivity index (χ3v) is 6.02. The third kappa shape index (κ3) is 4.57. The second-order valence-electron chi connectivity index (χ2n) is 8.34. The maximum Gasteiger partial charge on any atom is 0.255 e. The van der Waals surface area contributed by atoms with E-state index in [1.54, 1.807) is 0 Å². The van der Waals surface area contributed by atoms with E-state index >= 15 is 0 Å². The molecule has 158 valence electrons. The fourth-order valence-corrected chi connectivity index (χ4v) is 4.29. The Bertz CT molecular complexity index is 1020. The Hall–Kier alpha value is -2.66. The van der Waals surface area contributed by atoms with Crippen LogP contribution in [0.5, 0.6) is 0 Å². The summed E-state index contributed by atoms with van der Waals surface area (Å²) >= 11 is 0. The first-order valence-corrected chi connectivity index (χ1v) is 11.2. The Morgan fingerprint density at radius 1 is 1.10 bits per heavy atom. The van der Waals surface area contributed by atoms with Gasteiger partial charge in [0.25, 0.3) is 5.91 Å². The molecule has 5 heteroatoms. The number of hydrogen-bond acceptors (Lipinski definition) is 3. The molecule has 0 unspecified atom stereocenters. The summed E-state index contributed by atoms with van der Waals surface area (Å²) in [6.07, 6.45) is 6.21. The van der Waals surface area contributed by atoms with Gasteiger partial charge in [-0.1, -0.05) is 38.0 Å². The van der Waals surface area contributed by atoms with E-state index in [4.69, 9.17) is 4.98 Å². The average Bonchev–Trinajstić information content (AvgIpc) is 3.09. The van der Waals surface area contributed by atoms with E-state index in [2.05, 4.69) is 27.8 Å².